The Labute approximate surface area is 429 Å². The lowest BCUT2D eigenvalue weighted by molar-refractivity contribution is -0.212. The van der Waals surface area contributed by atoms with Gasteiger partial charge < -0.3 is 33.9 Å². The summed E-state index contributed by atoms with van der Waals surface area (Å²) in [5.41, 5.74) is -0.983. The third kappa shape index (κ3) is 9.89. The molecule has 4 bridgehead atoms. The van der Waals surface area contributed by atoms with Crippen molar-refractivity contribution in [1.82, 2.24) is 14.8 Å². The molecule has 3 aliphatic carbocycles. The van der Waals surface area contributed by atoms with Crippen LogP contribution in [-0.4, -0.2) is 108 Å². The fourth-order valence-corrected chi connectivity index (χ4v) is 17.0. The molecule has 390 valence electrons. The molecule has 0 radical (unpaired) electrons. The lowest BCUT2D eigenvalue weighted by Crippen LogP contribution is -2.63. The second-order valence-corrected chi connectivity index (χ2v) is 25.6. The molecule has 0 spiro atoms. The number of Topliss-reactive ketones (excluding diaryl/α,β-unsaturated/α-hetero) is 1. The molecule has 4 aliphatic heterocycles. The number of carbonyl (C=O) groups excluding carboxylic acids is 4. The zero-order valence-electron chi connectivity index (χ0n) is 43.2. The maximum absolute atomic E-state index is 15.4. The molecule has 7 aliphatic rings. The molecule has 15 heteroatoms. The highest BCUT2D eigenvalue weighted by atomic mass is 32.2. The van der Waals surface area contributed by atoms with Crippen LogP contribution < -0.4 is 15.6 Å². The minimum absolute atomic E-state index is 0.000162. The van der Waals surface area contributed by atoms with Gasteiger partial charge in [0.1, 0.15) is 29.4 Å². The Morgan fingerprint density at radius 1 is 0.930 bits per heavy atom. The summed E-state index contributed by atoms with van der Waals surface area (Å²) in [6.07, 6.45) is 15.3. The fourth-order valence-electron chi connectivity index (χ4n) is 14.6. The number of hydrogen-bond acceptors (Lipinski definition) is 13. The standard InChI is InChI=1S/C56H79FN4O8S2/c1-8-54(5)32-45(68-47(64)33-70-39-28-37-17-18-38(29-39)59(37)7)55(6)34(2)19-21-56(22-20-44(62)50(55)56)35(3)51(54)69-46(63)16-14-12-10-9-11-13-15-27-67-53(66)48-49(65)40-30-41(57)43(60-25-23-58-24-26-60)31-42(40)61-36(4)71-52(48)61/h8,30-31,34-39,45,50-51,58H,1,9-29,32-33H2,2-7H3/t34?,35-,36?,37?,38?,39?,45+,50?,51+,54+,55-,56?/m1/s1. The molecule has 3 saturated carbocycles. The number of unbranched alkanes of at least 4 members (excludes halogenated alkanes) is 6. The highest BCUT2D eigenvalue weighted by Crippen LogP contribution is 2.68. The number of rotatable bonds is 18. The molecule has 11 atom stereocenters. The molecule has 5 heterocycles. The number of ketones is 1. The first-order valence-corrected chi connectivity index (χ1v) is 29.0. The number of esters is 3. The molecule has 0 amide bonds. The second kappa shape index (κ2) is 21.4. The zero-order chi connectivity index (χ0) is 50.4. The van der Waals surface area contributed by atoms with E-state index in [4.69, 9.17) is 14.2 Å². The monoisotopic (exact) mass is 1020 g/mol. The van der Waals surface area contributed by atoms with Crippen molar-refractivity contribution < 1.29 is 37.8 Å². The summed E-state index contributed by atoms with van der Waals surface area (Å²) in [6, 6.07) is 4.23. The van der Waals surface area contributed by atoms with E-state index in [-0.39, 0.29) is 63.8 Å². The van der Waals surface area contributed by atoms with Gasteiger partial charge in [0.15, 0.2) is 0 Å². The van der Waals surface area contributed by atoms with Crippen LogP contribution in [0.4, 0.5) is 10.1 Å². The van der Waals surface area contributed by atoms with Gasteiger partial charge in [0, 0.05) is 84.4 Å². The third-order valence-corrected chi connectivity index (χ3v) is 21.5. The Kier molecular flexibility index (Phi) is 15.8. The minimum Gasteiger partial charge on any atom is -0.462 e. The number of ether oxygens (including phenoxy) is 3. The number of anilines is 1. The van der Waals surface area contributed by atoms with Gasteiger partial charge in [-0.3, -0.25) is 19.2 Å². The summed E-state index contributed by atoms with van der Waals surface area (Å²) < 4.78 is 36.3. The quantitative estimate of drug-likeness (QED) is 0.0657. The number of piperazine rings is 1. The van der Waals surface area contributed by atoms with Crippen LogP contribution in [-0.2, 0) is 28.6 Å². The number of fused-ring (bicyclic) bond motifs is 5. The Morgan fingerprint density at radius 2 is 1.62 bits per heavy atom. The SMILES string of the molecule is C=C[C@@]1(C)C[C@H](OC(=O)CSC2CC3CCC(C2)N3C)[C@@]2(C)C(C)CCC3(CCC(=O)C32)[C@H](C)[C@@H]1OC(=O)CCCCCCCCCOC(=O)c1c2n(c3cc(N4CCNCC4)c(F)cc3c1=O)C(C)S2. The molecular formula is C56H79FN4O8S2. The van der Waals surface area contributed by atoms with Crippen molar-refractivity contribution in [3.63, 3.8) is 0 Å². The van der Waals surface area contributed by atoms with Crippen LogP contribution in [0.3, 0.4) is 0 Å². The summed E-state index contributed by atoms with van der Waals surface area (Å²) in [6.45, 7) is 18.1. The average molecular weight is 1020 g/mol. The molecule has 12 nitrogen and oxygen atoms in total. The van der Waals surface area contributed by atoms with Crippen LogP contribution in [0.1, 0.15) is 160 Å². The molecule has 1 aromatic carbocycles. The van der Waals surface area contributed by atoms with E-state index >= 15 is 4.39 Å². The van der Waals surface area contributed by atoms with Crippen molar-refractivity contribution in [2.75, 3.05) is 50.5 Å². The largest absolute Gasteiger partial charge is 0.462 e. The van der Waals surface area contributed by atoms with E-state index in [2.05, 4.69) is 51.5 Å². The van der Waals surface area contributed by atoms with Crippen LogP contribution in [0, 0.1) is 39.8 Å². The van der Waals surface area contributed by atoms with Gasteiger partial charge in [0.05, 0.1) is 34.0 Å². The number of nitrogens with zero attached hydrogens (tertiary/aromatic N) is 3. The summed E-state index contributed by atoms with van der Waals surface area (Å²) in [7, 11) is 2.24. The number of piperidine rings is 1. The Bertz CT molecular complexity index is 2410. The van der Waals surface area contributed by atoms with Gasteiger partial charge in [-0.15, -0.1) is 18.3 Å². The minimum atomic E-state index is -0.685. The number of hydrogen-bond donors (Lipinski definition) is 1. The number of halogens is 1. The van der Waals surface area contributed by atoms with E-state index in [0.717, 1.165) is 77.3 Å². The normalized spacial score (nSPS) is 34.4. The first kappa shape index (κ1) is 52.5. The summed E-state index contributed by atoms with van der Waals surface area (Å²) >= 11 is 3.19. The number of carbonyl (C=O) groups is 4. The fraction of sp³-hybridized carbons (Fsp3) is 0.732. The number of benzene rings is 1. The highest BCUT2D eigenvalue weighted by molar-refractivity contribution is 8.00. The predicted molar refractivity (Wildman–Crippen MR) is 280 cm³/mol. The second-order valence-electron chi connectivity index (χ2n) is 23.0. The van der Waals surface area contributed by atoms with Crippen molar-refractivity contribution in [3.05, 3.63) is 46.4 Å². The lowest BCUT2D eigenvalue weighted by Gasteiger charge is -2.62. The van der Waals surface area contributed by atoms with Crippen LogP contribution in [0.2, 0.25) is 0 Å². The molecule has 3 saturated heterocycles. The predicted octanol–water partition coefficient (Wildman–Crippen LogP) is 10.3. The Balaban J connectivity index is 0.751. The maximum atomic E-state index is 15.4. The van der Waals surface area contributed by atoms with E-state index in [9.17, 15) is 24.0 Å². The summed E-state index contributed by atoms with van der Waals surface area (Å²) in [4.78, 5) is 73.6. The van der Waals surface area contributed by atoms with Gasteiger partial charge in [-0.05, 0) is 102 Å². The zero-order valence-corrected chi connectivity index (χ0v) is 44.8. The van der Waals surface area contributed by atoms with E-state index in [1.165, 1.54) is 30.7 Å². The molecule has 9 rings (SSSR count). The summed E-state index contributed by atoms with van der Waals surface area (Å²) in [5.74, 6) is -1.20. The molecule has 71 heavy (non-hydrogen) atoms. The molecule has 6 fully saturated rings. The number of pyridine rings is 1. The first-order chi connectivity index (χ1) is 34.0. The van der Waals surface area contributed by atoms with Gasteiger partial charge in [0.25, 0.3) is 0 Å². The Morgan fingerprint density at radius 3 is 2.31 bits per heavy atom. The van der Waals surface area contributed by atoms with Gasteiger partial charge in [-0.25, -0.2) is 9.18 Å². The maximum Gasteiger partial charge on any atom is 0.344 e. The van der Waals surface area contributed by atoms with Gasteiger partial charge in [-0.2, -0.15) is 0 Å². The van der Waals surface area contributed by atoms with Crippen LogP contribution in [0.5, 0.6) is 0 Å². The van der Waals surface area contributed by atoms with Crippen molar-refractivity contribution in [3.8, 4) is 0 Å². The number of thioether (sulfide) groups is 2. The van der Waals surface area contributed by atoms with Crippen LogP contribution in [0.15, 0.2) is 34.6 Å². The van der Waals surface area contributed by atoms with Crippen molar-refractivity contribution in [2.45, 2.75) is 184 Å². The van der Waals surface area contributed by atoms with E-state index in [1.54, 1.807) is 17.8 Å². The molecule has 1 N–H and O–H groups in total. The Hall–Kier alpha value is -3.40. The summed E-state index contributed by atoms with van der Waals surface area (Å²) in [5, 5.41) is 4.50. The van der Waals surface area contributed by atoms with Gasteiger partial charge in [-0.1, -0.05) is 77.6 Å². The third-order valence-electron chi connectivity index (χ3n) is 19.1. The lowest BCUT2D eigenvalue weighted by atomic mass is 9.44. The molecule has 1 aromatic heterocycles. The average Bonchev–Trinajstić information content (AvgIpc) is 3.79. The first-order valence-electron chi connectivity index (χ1n) is 27.1. The van der Waals surface area contributed by atoms with Crippen molar-refractivity contribution >= 4 is 63.8 Å². The van der Waals surface area contributed by atoms with E-state index < -0.39 is 40.3 Å². The van der Waals surface area contributed by atoms with Crippen molar-refractivity contribution in [1.29, 1.82) is 0 Å². The number of nitrogens with one attached hydrogen (secondary N) is 1. The van der Waals surface area contributed by atoms with E-state index in [1.807, 2.05) is 22.5 Å². The topological polar surface area (TPSA) is 136 Å². The van der Waals surface area contributed by atoms with Gasteiger partial charge in [0.2, 0.25) is 5.43 Å². The number of aromatic nitrogens is 1. The van der Waals surface area contributed by atoms with Crippen LogP contribution in [0.25, 0.3) is 10.9 Å². The van der Waals surface area contributed by atoms with Crippen molar-refractivity contribution in [2.24, 2.45) is 34.0 Å². The molecule has 6 unspecified atom stereocenters. The van der Waals surface area contributed by atoms with Gasteiger partial charge >= 0.3 is 17.9 Å². The van der Waals surface area contributed by atoms with E-state index in [0.29, 0.717) is 84.5 Å². The van der Waals surface area contributed by atoms with Crippen LogP contribution >= 0.6 is 23.5 Å². The molecule has 2 aromatic rings. The highest BCUT2D eigenvalue weighted by Gasteiger charge is 2.69. The smallest absolute Gasteiger partial charge is 0.344 e. The molecular weight excluding hydrogens is 940 g/mol.